The number of amides is 1. The molecule has 0 spiro atoms. The second kappa shape index (κ2) is 5.20. The first-order valence-corrected chi connectivity index (χ1v) is 8.21. The number of nitrogens with zero attached hydrogens (tertiary/aromatic N) is 2. The molecule has 5 heteroatoms. The zero-order valence-electron chi connectivity index (χ0n) is 13.3. The van der Waals surface area contributed by atoms with Crippen LogP contribution in [-0.2, 0) is 11.8 Å². The van der Waals surface area contributed by atoms with E-state index in [1.807, 2.05) is 35.9 Å². The highest BCUT2D eigenvalue weighted by molar-refractivity contribution is 6.45. The van der Waals surface area contributed by atoms with Crippen LogP contribution < -0.4 is 5.32 Å². The Balaban J connectivity index is 1.59. The molecule has 4 heterocycles. The summed E-state index contributed by atoms with van der Waals surface area (Å²) in [5.74, 6) is -0.888. The van der Waals surface area contributed by atoms with Gasteiger partial charge in [0.2, 0.25) is 0 Å². The normalized spacial score (nSPS) is 26.4. The fraction of sp³-hybridized carbons (Fsp3) is 0.444. The number of aryl methyl sites for hydroxylation is 1. The second-order valence-corrected chi connectivity index (χ2v) is 6.83. The van der Waals surface area contributed by atoms with Crippen LogP contribution in [0.15, 0.2) is 30.5 Å². The van der Waals surface area contributed by atoms with Gasteiger partial charge in [-0.2, -0.15) is 0 Å². The van der Waals surface area contributed by atoms with Crippen molar-refractivity contribution in [3.8, 4) is 0 Å². The topological polar surface area (TPSA) is 54.3 Å². The molecule has 1 aromatic heterocycles. The first-order valence-electron chi connectivity index (χ1n) is 8.21. The molecule has 0 saturated carbocycles. The minimum Gasteiger partial charge on any atom is -0.350 e. The molecule has 1 N–H and O–H groups in total. The van der Waals surface area contributed by atoms with Crippen molar-refractivity contribution in [3.05, 3.63) is 36.0 Å². The number of Topliss-reactive ketones (excluding diaryl/α,β-unsaturated/α-hetero) is 1. The molecule has 5 nitrogen and oxygen atoms in total. The molecule has 0 radical (unpaired) electrons. The second-order valence-electron chi connectivity index (χ2n) is 6.83. The predicted molar refractivity (Wildman–Crippen MR) is 88.4 cm³/mol. The summed E-state index contributed by atoms with van der Waals surface area (Å²) in [6.45, 7) is 3.05. The van der Waals surface area contributed by atoms with Crippen LogP contribution in [0.3, 0.4) is 0 Å². The molecular formula is C18H21N3O2. The molecule has 3 aliphatic rings. The minimum absolute atomic E-state index is 0.175. The highest BCUT2D eigenvalue weighted by Gasteiger charge is 2.41. The van der Waals surface area contributed by atoms with Gasteiger partial charge >= 0.3 is 0 Å². The standard InChI is InChI=1S/C18H21N3O2/c1-20-12-14(13-4-2-3-5-15(13)20)16(22)17(23)19-18-6-9-21(10-7-18)11-8-18/h2-5,12H,6-11H2,1H3,(H,19,23). The summed E-state index contributed by atoms with van der Waals surface area (Å²) >= 11 is 0. The Labute approximate surface area is 135 Å². The lowest BCUT2D eigenvalue weighted by molar-refractivity contribution is -0.120. The number of ketones is 1. The monoisotopic (exact) mass is 311 g/mol. The summed E-state index contributed by atoms with van der Waals surface area (Å²) in [6.07, 6.45) is 4.60. The quantitative estimate of drug-likeness (QED) is 0.693. The summed E-state index contributed by atoms with van der Waals surface area (Å²) in [5, 5.41) is 3.91. The van der Waals surface area contributed by atoms with Gasteiger partial charge in [0, 0.05) is 49.3 Å². The predicted octanol–water partition coefficient (Wildman–Crippen LogP) is 1.72. The van der Waals surface area contributed by atoms with E-state index in [4.69, 9.17) is 0 Å². The molecule has 0 aliphatic carbocycles. The van der Waals surface area contributed by atoms with Crippen molar-refractivity contribution in [2.24, 2.45) is 7.05 Å². The average Bonchev–Trinajstić information content (AvgIpc) is 2.93. The maximum absolute atomic E-state index is 12.7. The van der Waals surface area contributed by atoms with Crippen molar-refractivity contribution >= 4 is 22.6 Å². The van der Waals surface area contributed by atoms with Crippen LogP contribution in [0.4, 0.5) is 0 Å². The molecular weight excluding hydrogens is 290 g/mol. The van der Waals surface area contributed by atoms with E-state index < -0.39 is 11.7 Å². The third-order valence-electron chi connectivity index (χ3n) is 5.45. The van der Waals surface area contributed by atoms with Crippen molar-refractivity contribution in [3.63, 3.8) is 0 Å². The SMILES string of the molecule is Cn1cc(C(=O)C(=O)NC23CCN(CC2)CC3)c2ccccc21. The van der Waals surface area contributed by atoms with Crippen LogP contribution in [-0.4, -0.2) is 46.3 Å². The van der Waals surface area contributed by atoms with E-state index in [1.54, 1.807) is 6.20 Å². The molecule has 1 aromatic carbocycles. The number of carbonyl (C=O) groups excluding carboxylic acids is 2. The molecule has 3 fully saturated rings. The van der Waals surface area contributed by atoms with Gasteiger partial charge in [0.15, 0.2) is 0 Å². The van der Waals surface area contributed by atoms with Crippen molar-refractivity contribution in [1.29, 1.82) is 0 Å². The van der Waals surface area contributed by atoms with Gasteiger partial charge in [0.05, 0.1) is 5.56 Å². The van der Waals surface area contributed by atoms with Gasteiger partial charge in [0.1, 0.15) is 0 Å². The molecule has 3 aliphatic heterocycles. The van der Waals surface area contributed by atoms with Crippen LogP contribution in [0.1, 0.15) is 29.6 Å². The fourth-order valence-electron chi connectivity index (χ4n) is 3.96. The summed E-state index contributed by atoms with van der Waals surface area (Å²) in [7, 11) is 1.90. The summed E-state index contributed by atoms with van der Waals surface area (Å²) < 4.78 is 1.90. The third-order valence-corrected chi connectivity index (χ3v) is 5.45. The van der Waals surface area contributed by atoms with Gasteiger partial charge in [-0.15, -0.1) is 0 Å². The highest BCUT2D eigenvalue weighted by atomic mass is 16.2. The van der Waals surface area contributed by atoms with Crippen LogP contribution >= 0.6 is 0 Å². The summed E-state index contributed by atoms with van der Waals surface area (Å²) in [5.41, 5.74) is 1.28. The number of aromatic nitrogens is 1. The lowest BCUT2D eigenvalue weighted by Crippen LogP contribution is -2.61. The average molecular weight is 311 g/mol. The third kappa shape index (κ3) is 2.36. The van der Waals surface area contributed by atoms with Crippen molar-refractivity contribution < 1.29 is 9.59 Å². The number of rotatable bonds is 3. The maximum Gasteiger partial charge on any atom is 0.292 e. The van der Waals surface area contributed by atoms with E-state index in [1.165, 1.54) is 0 Å². The van der Waals surface area contributed by atoms with Crippen LogP contribution in [0.2, 0.25) is 0 Å². The number of hydrogen-bond acceptors (Lipinski definition) is 3. The van der Waals surface area contributed by atoms with Gasteiger partial charge in [-0.25, -0.2) is 0 Å². The molecule has 5 rings (SSSR count). The zero-order chi connectivity index (χ0) is 16.0. The smallest absolute Gasteiger partial charge is 0.292 e. The summed E-state index contributed by atoms with van der Waals surface area (Å²) in [4.78, 5) is 27.7. The molecule has 120 valence electrons. The van der Waals surface area contributed by atoms with Crippen LogP contribution in [0, 0.1) is 0 Å². The number of carbonyl (C=O) groups is 2. The van der Waals surface area contributed by atoms with Crippen molar-refractivity contribution in [2.75, 3.05) is 19.6 Å². The Morgan fingerprint density at radius 3 is 2.43 bits per heavy atom. The first kappa shape index (κ1) is 14.5. The van der Waals surface area contributed by atoms with E-state index in [0.717, 1.165) is 49.8 Å². The van der Waals surface area contributed by atoms with Gasteiger partial charge in [0.25, 0.3) is 11.7 Å². The first-order chi connectivity index (χ1) is 11.1. The Morgan fingerprint density at radius 1 is 1.09 bits per heavy atom. The molecule has 23 heavy (non-hydrogen) atoms. The van der Waals surface area contributed by atoms with E-state index in [2.05, 4.69) is 10.2 Å². The molecule has 2 aromatic rings. The number of hydrogen-bond donors (Lipinski definition) is 1. The van der Waals surface area contributed by atoms with Crippen LogP contribution in [0.5, 0.6) is 0 Å². The van der Waals surface area contributed by atoms with Gasteiger partial charge < -0.3 is 14.8 Å². The van der Waals surface area contributed by atoms with E-state index >= 15 is 0 Å². The number of piperidine rings is 3. The number of fused-ring (bicyclic) bond motifs is 4. The Morgan fingerprint density at radius 2 is 1.74 bits per heavy atom. The number of benzene rings is 1. The molecule has 3 saturated heterocycles. The van der Waals surface area contributed by atoms with Crippen molar-refractivity contribution in [2.45, 2.75) is 24.8 Å². The fourth-order valence-corrected chi connectivity index (χ4v) is 3.96. The van der Waals surface area contributed by atoms with E-state index in [0.29, 0.717) is 5.56 Å². The molecule has 1 amide bonds. The lowest BCUT2D eigenvalue weighted by Gasteiger charge is -2.48. The Hall–Kier alpha value is -2.14. The van der Waals surface area contributed by atoms with Gasteiger partial charge in [-0.1, -0.05) is 18.2 Å². The highest BCUT2D eigenvalue weighted by Crippen LogP contribution is 2.32. The van der Waals surface area contributed by atoms with E-state index in [9.17, 15) is 9.59 Å². The Kier molecular flexibility index (Phi) is 3.27. The summed E-state index contributed by atoms with van der Waals surface area (Å²) in [6, 6.07) is 7.69. The maximum atomic E-state index is 12.7. The van der Waals surface area contributed by atoms with Crippen LogP contribution in [0.25, 0.3) is 10.9 Å². The molecule has 0 atom stereocenters. The molecule has 0 unspecified atom stereocenters. The minimum atomic E-state index is -0.461. The van der Waals surface area contributed by atoms with E-state index in [-0.39, 0.29) is 5.54 Å². The zero-order valence-corrected chi connectivity index (χ0v) is 13.3. The number of para-hydroxylation sites is 1. The largest absolute Gasteiger partial charge is 0.350 e. The van der Waals surface area contributed by atoms with Gasteiger partial charge in [-0.3, -0.25) is 9.59 Å². The number of nitrogens with one attached hydrogen (secondary N) is 1. The Bertz CT molecular complexity index is 771. The van der Waals surface area contributed by atoms with Gasteiger partial charge in [-0.05, 0) is 25.3 Å². The van der Waals surface area contributed by atoms with Crippen molar-refractivity contribution in [1.82, 2.24) is 14.8 Å². The lowest BCUT2D eigenvalue weighted by atomic mass is 9.80. The molecule has 2 bridgehead atoms.